The Morgan fingerprint density at radius 2 is 1.93 bits per heavy atom. The molecule has 1 atom stereocenters. The van der Waals surface area contributed by atoms with Gasteiger partial charge in [0.05, 0.1) is 39.2 Å². The van der Waals surface area contributed by atoms with Gasteiger partial charge in [0.2, 0.25) is 0 Å². The van der Waals surface area contributed by atoms with E-state index in [4.69, 9.17) is 14.2 Å². The van der Waals surface area contributed by atoms with Crippen LogP contribution < -0.4 is 14.8 Å². The maximum absolute atomic E-state index is 14.8. The van der Waals surface area contributed by atoms with Gasteiger partial charge in [0.25, 0.3) is 5.91 Å². The van der Waals surface area contributed by atoms with Crippen molar-refractivity contribution in [2.24, 2.45) is 5.10 Å². The standard InChI is InChI=1S/C29H38FN5O5/c1-4-11-31-29(37)34(13-12-33-14-16-40-17-15-33)20-28(36)35-26(23-18-21(38-2)9-10-27(23)39-3)19-25(32-35)22-7-5-6-8-24(22)30/h5-10,18,26H,4,11-17,19-20H2,1-3H3,(H,31,37)/t26-/m1/s1. The molecule has 4 rings (SSSR count). The molecule has 0 bridgehead atoms. The van der Waals surface area contributed by atoms with Crippen molar-refractivity contribution in [1.82, 2.24) is 20.1 Å². The normalized spacial score (nSPS) is 17.4. The lowest BCUT2D eigenvalue weighted by molar-refractivity contribution is -0.133. The van der Waals surface area contributed by atoms with E-state index in [-0.39, 0.29) is 24.9 Å². The minimum atomic E-state index is -0.577. The number of methoxy groups -OCH3 is 2. The van der Waals surface area contributed by atoms with Crippen LogP contribution in [0, 0.1) is 5.82 Å². The van der Waals surface area contributed by atoms with E-state index in [0.717, 1.165) is 19.5 Å². The van der Waals surface area contributed by atoms with Gasteiger partial charge >= 0.3 is 6.03 Å². The summed E-state index contributed by atoms with van der Waals surface area (Å²) < 4.78 is 31.2. The summed E-state index contributed by atoms with van der Waals surface area (Å²) in [7, 11) is 3.11. The average Bonchev–Trinajstić information content (AvgIpc) is 3.43. The number of benzene rings is 2. The predicted molar refractivity (Wildman–Crippen MR) is 149 cm³/mol. The third kappa shape index (κ3) is 7.08. The van der Waals surface area contributed by atoms with Crippen LogP contribution in [0.4, 0.5) is 9.18 Å². The molecule has 0 radical (unpaired) electrons. The number of morpholine rings is 1. The highest BCUT2D eigenvalue weighted by atomic mass is 19.1. The Hall–Kier alpha value is -3.70. The Morgan fingerprint density at radius 3 is 2.62 bits per heavy atom. The topological polar surface area (TPSA) is 95.9 Å². The van der Waals surface area contributed by atoms with Crippen molar-refractivity contribution in [1.29, 1.82) is 0 Å². The van der Waals surface area contributed by atoms with Crippen LogP contribution in [0.15, 0.2) is 47.6 Å². The van der Waals surface area contributed by atoms with Crippen LogP contribution in [0.1, 0.15) is 36.9 Å². The van der Waals surface area contributed by atoms with Crippen LogP contribution in [-0.4, -0.2) is 99.2 Å². The molecular formula is C29H38FN5O5. The lowest BCUT2D eigenvalue weighted by Crippen LogP contribution is -2.49. The highest BCUT2D eigenvalue weighted by Crippen LogP contribution is 2.39. The molecule has 11 heteroatoms. The van der Waals surface area contributed by atoms with Gasteiger partial charge in [-0.2, -0.15) is 5.10 Å². The van der Waals surface area contributed by atoms with Gasteiger partial charge in [-0.15, -0.1) is 0 Å². The SMILES string of the molecule is CCCNC(=O)N(CCN1CCOCC1)CC(=O)N1N=C(c2ccccc2F)C[C@@H]1c1cc(OC)ccc1OC. The molecule has 1 N–H and O–H groups in total. The molecule has 1 fully saturated rings. The van der Waals surface area contributed by atoms with Crippen molar-refractivity contribution >= 4 is 17.6 Å². The summed E-state index contributed by atoms with van der Waals surface area (Å²) in [5.74, 6) is 0.347. The molecule has 40 heavy (non-hydrogen) atoms. The van der Waals surface area contributed by atoms with Crippen molar-refractivity contribution in [3.05, 3.63) is 59.4 Å². The summed E-state index contributed by atoms with van der Waals surface area (Å²) in [6.45, 7) is 6.12. The van der Waals surface area contributed by atoms with Crippen LogP contribution in [0.5, 0.6) is 11.5 Å². The molecule has 2 heterocycles. The third-order valence-electron chi connectivity index (χ3n) is 7.08. The molecule has 10 nitrogen and oxygen atoms in total. The molecule has 1 saturated heterocycles. The van der Waals surface area contributed by atoms with Crippen LogP contribution in [0.25, 0.3) is 0 Å². The van der Waals surface area contributed by atoms with Gasteiger partial charge in [-0.1, -0.05) is 25.1 Å². The summed E-state index contributed by atoms with van der Waals surface area (Å²) in [6.07, 6.45) is 1.04. The number of nitrogens with one attached hydrogen (secondary N) is 1. The second-order valence-electron chi connectivity index (χ2n) is 9.70. The van der Waals surface area contributed by atoms with Crippen molar-refractivity contribution in [2.75, 3.05) is 66.7 Å². The van der Waals surface area contributed by atoms with Gasteiger partial charge < -0.3 is 24.4 Å². The van der Waals surface area contributed by atoms with E-state index < -0.39 is 11.9 Å². The predicted octanol–water partition coefficient (Wildman–Crippen LogP) is 3.27. The number of hydrogen-bond donors (Lipinski definition) is 1. The quantitative estimate of drug-likeness (QED) is 0.457. The maximum Gasteiger partial charge on any atom is 0.317 e. The number of hydrazone groups is 1. The van der Waals surface area contributed by atoms with Gasteiger partial charge in [0.15, 0.2) is 0 Å². The van der Waals surface area contributed by atoms with E-state index in [9.17, 15) is 14.0 Å². The lowest BCUT2D eigenvalue weighted by Gasteiger charge is -2.31. The Labute approximate surface area is 234 Å². The number of carbonyl (C=O) groups excluding carboxylic acids is 2. The van der Waals surface area contributed by atoms with E-state index in [2.05, 4.69) is 15.3 Å². The first-order valence-electron chi connectivity index (χ1n) is 13.6. The molecule has 0 unspecified atom stereocenters. The smallest absolute Gasteiger partial charge is 0.317 e. The zero-order valence-corrected chi connectivity index (χ0v) is 23.4. The van der Waals surface area contributed by atoms with Crippen LogP contribution in [-0.2, 0) is 9.53 Å². The molecule has 0 spiro atoms. The Balaban J connectivity index is 1.63. The second-order valence-corrected chi connectivity index (χ2v) is 9.70. The first kappa shape index (κ1) is 29.3. The van der Waals surface area contributed by atoms with E-state index in [1.807, 2.05) is 6.92 Å². The van der Waals surface area contributed by atoms with Crippen molar-refractivity contribution in [2.45, 2.75) is 25.8 Å². The van der Waals surface area contributed by atoms with Crippen LogP contribution >= 0.6 is 0 Å². The van der Waals surface area contributed by atoms with Gasteiger partial charge in [-0.05, 0) is 30.7 Å². The van der Waals surface area contributed by atoms with E-state index >= 15 is 0 Å². The van der Waals surface area contributed by atoms with Crippen molar-refractivity contribution < 1.29 is 28.2 Å². The van der Waals surface area contributed by atoms with Gasteiger partial charge in [-0.3, -0.25) is 9.69 Å². The summed E-state index contributed by atoms with van der Waals surface area (Å²) >= 11 is 0. The minimum absolute atomic E-state index is 0.184. The maximum atomic E-state index is 14.8. The number of carbonyl (C=O) groups is 2. The number of halogens is 1. The molecule has 2 aromatic rings. The fraction of sp³-hybridized carbons (Fsp3) is 0.483. The minimum Gasteiger partial charge on any atom is -0.497 e. The zero-order valence-electron chi connectivity index (χ0n) is 23.4. The van der Waals surface area contributed by atoms with E-state index in [0.29, 0.717) is 61.2 Å². The summed E-state index contributed by atoms with van der Waals surface area (Å²) in [5.41, 5.74) is 1.45. The number of amides is 3. The Kier molecular flexibility index (Phi) is 10.3. The Bertz CT molecular complexity index is 1200. The molecule has 2 aliphatic heterocycles. The first-order chi connectivity index (χ1) is 19.4. The monoisotopic (exact) mass is 555 g/mol. The van der Waals surface area contributed by atoms with Crippen LogP contribution in [0.2, 0.25) is 0 Å². The van der Waals surface area contributed by atoms with E-state index in [1.165, 1.54) is 16.0 Å². The summed E-state index contributed by atoms with van der Waals surface area (Å²) in [5, 5.41) is 8.85. The first-order valence-corrected chi connectivity index (χ1v) is 13.6. The number of ether oxygens (including phenoxy) is 3. The molecular weight excluding hydrogens is 517 g/mol. The summed E-state index contributed by atoms with van der Waals surface area (Å²) in [4.78, 5) is 30.7. The molecule has 2 aromatic carbocycles. The molecule has 3 amide bonds. The van der Waals surface area contributed by atoms with Gasteiger partial charge in [0, 0.05) is 50.3 Å². The zero-order chi connectivity index (χ0) is 28.5. The fourth-order valence-electron chi connectivity index (χ4n) is 4.86. The highest BCUT2D eigenvalue weighted by Gasteiger charge is 2.37. The lowest BCUT2D eigenvalue weighted by atomic mass is 9.97. The van der Waals surface area contributed by atoms with Gasteiger partial charge in [0.1, 0.15) is 23.9 Å². The molecule has 0 aromatic heterocycles. The highest BCUT2D eigenvalue weighted by molar-refractivity contribution is 6.03. The Morgan fingerprint density at radius 1 is 1.15 bits per heavy atom. The molecule has 2 aliphatic rings. The second kappa shape index (κ2) is 14.1. The molecule has 216 valence electrons. The van der Waals surface area contributed by atoms with Crippen LogP contribution in [0.3, 0.4) is 0 Å². The van der Waals surface area contributed by atoms with E-state index in [1.54, 1.807) is 50.6 Å². The van der Waals surface area contributed by atoms with Crippen molar-refractivity contribution in [3.8, 4) is 11.5 Å². The number of nitrogens with zero attached hydrogens (tertiary/aromatic N) is 4. The third-order valence-corrected chi connectivity index (χ3v) is 7.08. The largest absolute Gasteiger partial charge is 0.497 e. The molecule has 0 aliphatic carbocycles. The summed E-state index contributed by atoms with van der Waals surface area (Å²) in [6, 6.07) is 10.8. The molecule has 0 saturated carbocycles. The van der Waals surface area contributed by atoms with Gasteiger partial charge in [-0.25, -0.2) is 14.2 Å². The number of urea groups is 1. The fourth-order valence-corrected chi connectivity index (χ4v) is 4.86. The van der Waals surface area contributed by atoms with Crippen molar-refractivity contribution in [3.63, 3.8) is 0 Å². The average molecular weight is 556 g/mol. The number of hydrogen-bond acceptors (Lipinski definition) is 7. The number of rotatable bonds is 11.